The van der Waals surface area contributed by atoms with Gasteiger partial charge in [0.25, 0.3) is 0 Å². The van der Waals surface area contributed by atoms with Crippen LogP contribution >= 0.6 is 0 Å². The summed E-state index contributed by atoms with van der Waals surface area (Å²) in [6.45, 7) is 6.29. The highest BCUT2D eigenvalue weighted by atomic mass is 16.5. The molecular weight excluding hydrogens is 238 g/mol. The standard InChI is InChI=1S/C15H23N3O/c1-2-7-16-15-6-3-12(8-17-15)9-18-10-13-4-5-14(11-18)19-13/h3,6,8,13-14H,2,4-5,7,9-11H2,1H3,(H,16,17). The molecule has 1 N–H and O–H groups in total. The minimum absolute atomic E-state index is 0.470. The van der Waals surface area contributed by atoms with Gasteiger partial charge in [0.05, 0.1) is 12.2 Å². The molecule has 4 heteroatoms. The number of aromatic nitrogens is 1. The second-order valence-corrected chi connectivity index (χ2v) is 5.63. The Balaban J connectivity index is 1.54. The summed E-state index contributed by atoms with van der Waals surface area (Å²) in [4.78, 5) is 6.97. The lowest BCUT2D eigenvalue weighted by Crippen LogP contribution is -2.41. The quantitative estimate of drug-likeness (QED) is 0.882. The Labute approximate surface area is 115 Å². The Bertz CT molecular complexity index is 394. The third-order valence-corrected chi connectivity index (χ3v) is 3.91. The summed E-state index contributed by atoms with van der Waals surface area (Å²) in [5.74, 6) is 0.979. The van der Waals surface area contributed by atoms with Crippen molar-refractivity contribution in [1.29, 1.82) is 0 Å². The number of hydrogen-bond acceptors (Lipinski definition) is 4. The molecule has 2 saturated heterocycles. The zero-order valence-electron chi connectivity index (χ0n) is 11.6. The van der Waals surface area contributed by atoms with Crippen LogP contribution in [0, 0.1) is 0 Å². The number of nitrogens with one attached hydrogen (secondary N) is 1. The second kappa shape index (κ2) is 5.88. The van der Waals surface area contributed by atoms with E-state index in [1.165, 1.54) is 18.4 Å². The van der Waals surface area contributed by atoms with E-state index in [0.29, 0.717) is 12.2 Å². The Hall–Kier alpha value is -1.13. The number of nitrogens with zero attached hydrogens (tertiary/aromatic N) is 2. The Kier molecular flexibility index (Phi) is 3.99. The average molecular weight is 261 g/mol. The van der Waals surface area contributed by atoms with Gasteiger partial charge >= 0.3 is 0 Å². The van der Waals surface area contributed by atoms with Crippen LogP contribution in [0.4, 0.5) is 5.82 Å². The lowest BCUT2D eigenvalue weighted by atomic mass is 10.2. The van der Waals surface area contributed by atoms with Crippen LogP contribution in [0.5, 0.6) is 0 Å². The van der Waals surface area contributed by atoms with Gasteiger partial charge in [0, 0.05) is 32.4 Å². The molecule has 0 aliphatic carbocycles. The Morgan fingerprint density at radius 2 is 2.11 bits per heavy atom. The summed E-state index contributed by atoms with van der Waals surface area (Å²) in [5, 5.41) is 3.30. The van der Waals surface area contributed by atoms with Gasteiger partial charge in [-0.1, -0.05) is 13.0 Å². The van der Waals surface area contributed by atoms with Crippen LogP contribution in [0.3, 0.4) is 0 Å². The predicted octanol–water partition coefficient (Wildman–Crippen LogP) is 2.27. The summed E-state index contributed by atoms with van der Waals surface area (Å²) >= 11 is 0. The molecule has 0 amide bonds. The number of ether oxygens (including phenoxy) is 1. The van der Waals surface area contributed by atoms with Crippen molar-refractivity contribution in [1.82, 2.24) is 9.88 Å². The molecule has 3 rings (SSSR count). The number of fused-ring (bicyclic) bond motifs is 2. The molecular formula is C15H23N3O. The van der Waals surface area contributed by atoms with Gasteiger partial charge < -0.3 is 10.1 Å². The van der Waals surface area contributed by atoms with Crippen molar-refractivity contribution in [2.75, 3.05) is 25.0 Å². The number of rotatable bonds is 5. The molecule has 0 radical (unpaired) electrons. The maximum absolute atomic E-state index is 5.86. The molecule has 1 aromatic heterocycles. The highest BCUT2D eigenvalue weighted by Gasteiger charge is 2.33. The highest BCUT2D eigenvalue weighted by Crippen LogP contribution is 2.27. The lowest BCUT2D eigenvalue weighted by Gasteiger charge is -2.31. The fraction of sp³-hybridized carbons (Fsp3) is 0.667. The molecule has 0 saturated carbocycles. The molecule has 2 unspecified atom stereocenters. The molecule has 0 aromatic carbocycles. The average Bonchev–Trinajstić information content (AvgIpc) is 2.77. The third kappa shape index (κ3) is 3.25. The Morgan fingerprint density at radius 3 is 2.74 bits per heavy atom. The van der Waals surface area contributed by atoms with Gasteiger partial charge in [0.2, 0.25) is 0 Å². The van der Waals surface area contributed by atoms with Crippen LogP contribution < -0.4 is 5.32 Å². The van der Waals surface area contributed by atoms with E-state index in [4.69, 9.17) is 4.74 Å². The fourth-order valence-electron chi connectivity index (χ4n) is 2.96. The smallest absolute Gasteiger partial charge is 0.125 e. The van der Waals surface area contributed by atoms with Gasteiger partial charge in [0.1, 0.15) is 5.82 Å². The molecule has 104 valence electrons. The zero-order valence-corrected chi connectivity index (χ0v) is 11.6. The van der Waals surface area contributed by atoms with Crippen molar-refractivity contribution < 1.29 is 4.74 Å². The van der Waals surface area contributed by atoms with Crippen LogP contribution in [0.1, 0.15) is 31.7 Å². The summed E-state index contributed by atoms with van der Waals surface area (Å²) in [7, 11) is 0. The molecule has 19 heavy (non-hydrogen) atoms. The molecule has 2 atom stereocenters. The minimum Gasteiger partial charge on any atom is -0.372 e. The van der Waals surface area contributed by atoms with Crippen LogP contribution in [-0.2, 0) is 11.3 Å². The van der Waals surface area contributed by atoms with Gasteiger partial charge in [-0.15, -0.1) is 0 Å². The first-order chi connectivity index (χ1) is 9.33. The molecule has 4 nitrogen and oxygen atoms in total. The van der Waals surface area contributed by atoms with Crippen molar-refractivity contribution >= 4 is 5.82 Å². The topological polar surface area (TPSA) is 37.4 Å². The zero-order chi connectivity index (χ0) is 13.1. The van der Waals surface area contributed by atoms with E-state index in [1.807, 2.05) is 6.20 Å². The molecule has 0 spiro atoms. The summed E-state index contributed by atoms with van der Waals surface area (Å²) in [6.07, 6.45) is 6.53. The predicted molar refractivity (Wildman–Crippen MR) is 76.2 cm³/mol. The van der Waals surface area contributed by atoms with Gasteiger partial charge in [0.15, 0.2) is 0 Å². The van der Waals surface area contributed by atoms with E-state index >= 15 is 0 Å². The van der Waals surface area contributed by atoms with E-state index in [0.717, 1.165) is 38.4 Å². The molecule has 2 aliphatic heterocycles. The monoisotopic (exact) mass is 261 g/mol. The summed E-state index contributed by atoms with van der Waals surface area (Å²) in [6, 6.07) is 4.27. The van der Waals surface area contributed by atoms with Crippen LogP contribution in [-0.4, -0.2) is 41.7 Å². The number of morpholine rings is 1. The SMILES string of the molecule is CCCNc1ccc(CN2CC3CCC(C2)O3)cn1. The van der Waals surface area contributed by atoms with Gasteiger partial charge in [-0.05, 0) is 30.9 Å². The van der Waals surface area contributed by atoms with Crippen molar-refractivity contribution in [3.63, 3.8) is 0 Å². The van der Waals surface area contributed by atoms with Crippen molar-refractivity contribution in [3.05, 3.63) is 23.9 Å². The lowest BCUT2D eigenvalue weighted by molar-refractivity contribution is -0.0410. The maximum atomic E-state index is 5.86. The van der Waals surface area contributed by atoms with Crippen molar-refractivity contribution in [2.24, 2.45) is 0 Å². The molecule has 1 aromatic rings. The molecule has 2 fully saturated rings. The van der Waals surface area contributed by atoms with Crippen LogP contribution in [0.2, 0.25) is 0 Å². The minimum atomic E-state index is 0.470. The molecule has 2 aliphatic rings. The Morgan fingerprint density at radius 1 is 1.32 bits per heavy atom. The summed E-state index contributed by atoms with van der Waals surface area (Å²) < 4.78 is 5.86. The third-order valence-electron chi connectivity index (χ3n) is 3.91. The number of hydrogen-bond donors (Lipinski definition) is 1. The first-order valence-corrected chi connectivity index (χ1v) is 7.40. The fourth-order valence-corrected chi connectivity index (χ4v) is 2.96. The van der Waals surface area contributed by atoms with Gasteiger partial charge in [-0.3, -0.25) is 4.90 Å². The molecule has 2 bridgehead atoms. The second-order valence-electron chi connectivity index (χ2n) is 5.63. The van der Waals surface area contributed by atoms with E-state index in [9.17, 15) is 0 Å². The first kappa shape index (κ1) is 12.9. The number of likely N-dealkylation sites (tertiary alicyclic amines) is 1. The van der Waals surface area contributed by atoms with Gasteiger partial charge in [-0.2, -0.15) is 0 Å². The number of anilines is 1. The van der Waals surface area contributed by atoms with Crippen LogP contribution in [0.15, 0.2) is 18.3 Å². The first-order valence-electron chi connectivity index (χ1n) is 7.40. The molecule has 3 heterocycles. The van der Waals surface area contributed by atoms with E-state index in [2.05, 4.69) is 34.3 Å². The largest absolute Gasteiger partial charge is 0.372 e. The maximum Gasteiger partial charge on any atom is 0.125 e. The van der Waals surface area contributed by atoms with Crippen LogP contribution in [0.25, 0.3) is 0 Å². The van der Waals surface area contributed by atoms with Gasteiger partial charge in [-0.25, -0.2) is 4.98 Å². The summed E-state index contributed by atoms with van der Waals surface area (Å²) in [5.41, 5.74) is 1.29. The van der Waals surface area contributed by atoms with E-state index in [-0.39, 0.29) is 0 Å². The van der Waals surface area contributed by atoms with E-state index in [1.54, 1.807) is 0 Å². The van der Waals surface area contributed by atoms with E-state index < -0.39 is 0 Å². The normalized spacial score (nSPS) is 26.6. The van der Waals surface area contributed by atoms with Crippen molar-refractivity contribution in [2.45, 2.75) is 44.9 Å². The highest BCUT2D eigenvalue weighted by molar-refractivity contribution is 5.35. The van der Waals surface area contributed by atoms with Crippen molar-refractivity contribution in [3.8, 4) is 0 Å². The number of pyridine rings is 1.